The molecule has 0 aliphatic heterocycles. The maximum Gasteiger partial charge on any atom is 0.319 e. The first-order valence-corrected chi connectivity index (χ1v) is 30.5. The van der Waals surface area contributed by atoms with Crippen molar-refractivity contribution >= 4 is 36.4 Å². The van der Waals surface area contributed by atoms with Gasteiger partial charge in [0.05, 0.1) is 33.4 Å². The molecule has 76 heavy (non-hydrogen) atoms. The molecule has 0 heterocycles. The van der Waals surface area contributed by atoms with E-state index in [9.17, 15) is 24.3 Å². The van der Waals surface area contributed by atoms with Crippen LogP contribution in [0.15, 0.2) is 24.3 Å². The number of ketones is 1. The Morgan fingerprint density at radius 3 is 1.66 bits per heavy atom. The number of hydrogen-bond acceptors (Lipinski definition) is 9. The molecule has 10 aliphatic rings. The summed E-state index contributed by atoms with van der Waals surface area (Å²) >= 11 is 0. The fourth-order valence-electron chi connectivity index (χ4n) is 23.4. The van der Waals surface area contributed by atoms with Gasteiger partial charge >= 0.3 is 11.9 Å². The first kappa shape index (κ1) is 61.5. The topological polar surface area (TPSA) is 145 Å². The van der Waals surface area contributed by atoms with Crippen LogP contribution in [0.2, 0.25) is 0 Å². The van der Waals surface area contributed by atoms with E-state index in [1.807, 2.05) is 0 Å². The minimum Gasteiger partial charge on any atom is -0.468 e. The molecule has 0 bridgehead atoms. The molecule has 10 fully saturated rings. The van der Waals surface area contributed by atoms with Crippen molar-refractivity contribution in [3.05, 3.63) is 24.3 Å². The standard InChI is InChI=1S/C33H55NO3.C30H46O2.C3H7NO2.ClH/c1-21(2)22-11-16-33(20-34-19-27(36)37-8)18-17-31(6)23(28(22)33)9-10-25-30(5)14-13-26(35)29(3,4)24(30)12-15-32(25,31)7;1-19(2)20-10-15-30(18-31)17-16-28(6)21(25(20)30)8-9-23-27(5)13-12-24(32)26(3,4)22(27)11-14-29(23,28)7;1-6-3(5)2-4;/h22-26,28,34-35H,1,9-20H2,2-8H3;18,20-23,25H,1,8-17H2,2-7H3;2,4H2,1H3;1H/t22-,23+,24-,25+,26-,28+,30-,31+,32+,33+;20-,21+,22-,23+,25+,27-,28+,29+,30+;;/m00../s1. The second-order valence-electron chi connectivity index (χ2n) is 30.6. The van der Waals surface area contributed by atoms with Gasteiger partial charge in [0.2, 0.25) is 0 Å². The third-order valence-corrected chi connectivity index (χ3v) is 27.7. The molecule has 0 aromatic carbocycles. The number of nitrogens with one attached hydrogen (secondary N) is 1. The number of aliphatic hydroxyl groups excluding tert-OH is 1. The first-order valence-electron chi connectivity index (χ1n) is 30.5. The highest BCUT2D eigenvalue weighted by Gasteiger charge is 2.73. The Bertz CT molecular complexity index is 2220. The van der Waals surface area contributed by atoms with Crippen LogP contribution in [0.1, 0.15) is 212 Å². The van der Waals surface area contributed by atoms with E-state index in [1.54, 1.807) is 0 Å². The lowest BCUT2D eigenvalue weighted by Crippen LogP contribution is -2.67. The van der Waals surface area contributed by atoms with Crippen LogP contribution in [-0.2, 0) is 28.7 Å². The van der Waals surface area contributed by atoms with Gasteiger partial charge in [-0.1, -0.05) is 93.5 Å². The maximum atomic E-state index is 12.9. The van der Waals surface area contributed by atoms with E-state index in [0.717, 1.165) is 51.0 Å². The highest BCUT2D eigenvalue weighted by Crippen LogP contribution is 2.79. The number of carbonyl (C=O) groups excluding carboxylic acids is 4. The van der Waals surface area contributed by atoms with Gasteiger partial charge in [-0.25, -0.2) is 0 Å². The largest absolute Gasteiger partial charge is 0.468 e. The number of Topliss-reactive ketones (excluding diaryl/α,β-unsaturated/α-hetero) is 1. The predicted octanol–water partition coefficient (Wildman–Crippen LogP) is 13.7. The van der Waals surface area contributed by atoms with Crippen molar-refractivity contribution < 1.29 is 33.8 Å². The van der Waals surface area contributed by atoms with Crippen LogP contribution >= 0.6 is 12.4 Å². The average Bonchev–Trinajstić information content (AvgIpc) is 3.97. The van der Waals surface area contributed by atoms with Crippen molar-refractivity contribution in [3.63, 3.8) is 0 Å². The summed E-state index contributed by atoms with van der Waals surface area (Å²) in [6.07, 6.45) is 25.0. The average molecular weight is 1080 g/mol. The van der Waals surface area contributed by atoms with E-state index in [4.69, 9.17) is 10.5 Å². The van der Waals surface area contributed by atoms with Crippen molar-refractivity contribution in [2.45, 2.75) is 218 Å². The van der Waals surface area contributed by atoms with Gasteiger partial charge in [-0.15, -0.1) is 12.4 Å². The van der Waals surface area contributed by atoms with Gasteiger partial charge < -0.3 is 30.4 Å². The van der Waals surface area contributed by atoms with Gasteiger partial charge in [-0.2, -0.15) is 0 Å². The van der Waals surface area contributed by atoms with Gasteiger partial charge in [-0.3, -0.25) is 14.4 Å². The van der Waals surface area contributed by atoms with E-state index < -0.39 is 0 Å². The Morgan fingerprint density at radius 2 is 1.13 bits per heavy atom. The van der Waals surface area contributed by atoms with Crippen LogP contribution in [0.5, 0.6) is 0 Å². The van der Waals surface area contributed by atoms with Crippen LogP contribution < -0.4 is 11.1 Å². The van der Waals surface area contributed by atoms with Gasteiger partial charge in [0.15, 0.2) is 0 Å². The fourth-order valence-corrected chi connectivity index (χ4v) is 23.4. The Balaban J connectivity index is 0.000000199. The lowest BCUT2D eigenvalue weighted by Gasteiger charge is -2.73. The molecule has 432 valence electrons. The molecule has 19 atom stereocenters. The number of nitrogens with two attached hydrogens (primary N) is 1. The number of carbonyl (C=O) groups is 4. The number of aldehydes is 1. The first-order chi connectivity index (χ1) is 34.9. The molecule has 10 rings (SSSR count). The van der Waals surface area contributed by atoms with Crippen LogP contribution in [0.3, 0.4) is 0 Å². The summed E-state index contributed by atoms with van der Waals surface area (Å²) in [4.78, 5) is 47.2. The smallest absolute Gasteiger partial charge is 0.319 e. The summed E-state index contributed by atoms with van der Waals surface area (Å²) in [6.45, 7) is 39.6. The number of fused-ring (bicyclic) bond motifs is 14. The van der Waals surface area contributed by atoms with E-state index in [1.165, 1.54) is 122 Å². The van der Waals surface area contributed by atoms with Gasteiger partial charge in [0, 0.05) is 23.8 Å². The normalized spacial score (nSPS) is 47.8. The van der Waals surface area contributed by atoms with E-state index >= 15 is 0 Å². The lowest BCUT2D eigenvalue weighted by molar-refractivity contribution is -0.247. The SMILES string of the molecule is C=C(C)[C@@H]1CC[C@]2(C=O)CC[C@]3(C)[C@H](CC[C@@H]4[C@@]5(C)CCC(=O)C(C)(C)[C@@H]5CC[C@]43C)[C@@H]12.C=C(C)[C@@H]1CC[C@]2(CNCC(=O)OC)CC[C@]3(C)[C@H](CC[C@@H]4[C@@]5(C)CC[C@H](O)C(C)(C)[C@@H]5CC[C@]43C)[C@@H]12.COC(=O)CN.Cl. The molecule has 10 aliphatic carbocycles. The zero-order chi connectivity index (χ0) is 55.3. The number of esters is 2. The van der Waals surface area contributed by atoms with Crippen LogP contribution in [-0.4, -0.2) is 69.1 Å². The van der Waals surface area contributed by atoms with Crippen molar-refractivity contribution in [3.8, 4) is 0 Å². The minimum absolute atomic E-state index is 0. The van der Waals surface area contributed by atoms with E-state index in [0.29, 0.717) is 87.2 Å². The van der Waals surface area contributed by atoms with Crippen LogP contribution in [0.4, 0.5) is 0 Å². The van der Waals surface area contributed by atoms with Crippen molar-refractivity contribution in [2.75, 3.05) is 33.9 Å². The highest BCUT2D eigenvalue weighted by molar-refractivity contribution is 5.86. The number of methoxy groups -OCH3 is 2. The van der Waals surface area contributed by atoms with Crippen molar-refractivity contribution in [1.29, 1.82) is 0 Å². The zero-order valence-electron chi connectivity index (χ0n) is 50.5. The quantitative estimate of drug-likeness (QED) is 0.123. The summed E-state index contributed by atoms with van der Waals surface area (Å²) < 4.78 is 9.06. The third-order valence-electron chi connectivity index (χ3n) is 27.7. The number of halogens is 1. The summed E-state index contributed by atoms with van der Waals surface area (Å²) in [5.41, 5.74) is 9.32. The van der Waals surface area contributed by atoms with Crippen LogP contribution in [0.25, 0.3) is 0 Å². The number of rotatable bonds is 8. The predicted molar refractivity (Wildman–Crippen MR) is 308 cm³/mol. The summed E-state index contributed by atoms with van der Waals surface area (Å²) in [5, 5.41) is 14.5. The fraction of sp³-hybridized carbons (Fsp3) is 0.879. The zero-order valence-corrected chi connectivity index (χ0v) is 51.3. The van der Waals surface area contributed by atoms with E-state index in [2.05, 4.69) is 106 Å². The second-order valence-corrected chi connectivity index (χ2v) is 30.6. The Kier molecular flexibility index (Phi) is 17.3. The van der Waals surface area contributed by atoms with Gasteiger partial charge in [0.1, 0.15) is 12.1 Å². The molecule has 9 nitrogen and oxygen atoms in total. The Labute approximate surface area is 468 Å². The third kappa shape index (κ3) is 9.05. The monoisotopic (exact) mass is 1080 g/mol. The number of aliphatic hydroxyl groups is 1. The summed E-state index contributed by atoms with van der Waals surface area (Å²) in [5.74, 6) is 6.11. The Morgan fingerprint density at radius 1 is 0.618 bits per heavy atom. The van der Waals surface area contributed by atoms with Crippen molar-refractivity contribution in [2.24, 2.45) is 119 Å². The molecule has 0 unspecified atom stereocenters. The van der Waals surface area contributed by atoms with Gasteiger partial charge in [0.25, 0.3) is 0 Å². The van der Waals surface area contributed by atoms with Crippen molar-refractivity contribution in [1.82, 2.24) is 5.32 Å². The number of allylic oxidation sites excluding steroid dienone is 2. The molecule has 0 aromatic heterocycles. The van der Waals surface area contributed by atoms with E-state index in [-0.39, 0.29) is 69.5 Å². The van der Waals surface area contributed by atoms with Gasteiger partial charge in [-0.05, 0) is 238 Å². The molecular formula is C66H109ClN2O7. The Hall–Kier alpha value is -2.07. The molecule has 4 N–H and O–H groups in total. The molecule has 0 radical (unpaired) electrons. The highest BCUT2D eigenvalue weighted by atomic mass is 35.5. The molecule has 10 heteroatoms. The molecular weight excluding hydrogens is 968 g/mol. The molecule has 10 saturated carbocycles. The summed E-state index contributed by atoms with van der Waals surface area (Å²) in [6, 6.07) is 0. The van der Waals surface area contributed by atoms with Crippen LogP contribution in [0, 0.1) is 113 Å². The minimum atomic E-state index is -0.380. The lowest BCUT2D eigenvalue weighted by atomic mass is 9.32. The molecule has 0 aromatic rings. The molecule has 0 saturated heterocycles. The maximum absolute atomic E-state index is 12.9. The second kappa shape index (κ2) is 21.4. The molecule has 0 amide bonds. The summed E-state index contributed by atoms with van der Waals surface area (Å²) in [7, 11) is 2.78. The number of ether oxygens (including phenoxy) is 2. The number of hydrogen-bond donors (Lipinski definition) is 3. The molecule has 0 spiro atoms.